The summed E-state index contributed by atoms with van der Waals surface area (Å²) in [5.41, 5.74) is 0.667. The van der Waals surface area contributed by atoms with Crippen LogP contribution < -0.4 is 10.6 Å². The molecule has 2 N–H and O–H groups in total. The lowest BCUT2D eigenvalue weighted by Crippen LogP contribution is -2.37. The molecule has 6 heteroatoms. The van der Waals surface area contributed by atoms with Gasteiger partial charge in [-0.05, 0) is 50.9 Å². The van der Waals surface area contributed by atoms with Crippen LogP contribution >= 0.6 is 11.8 Å². The summed E-state index contributed by atoms with van der Waals surface area (Å²) in [6, 6.07) is 7.92. The van der Waals surface area contributed by atoms with Crippen LogP contribution in [-0.2, 0) is 4.79 Å². The lowest BCUT2D eigenvalue weighted by Gasteiger charge is -2.26. The summed E-state index contributed by atoms with van der Waals surface area (Å²) in [6.45, 7) is 3.85. The first-order valence-corrected chi connectivity index (χ1v) is 12.7. The van der Waals surface area contributed by atoms with Gasteiger partial charge in [0.15, 0.2) is 0 Å². The summed E-state index contributed by atoms with van der Waals surface area (Å²) in [6.07, 6.45) is 12.3. The van der Waals surface area contributed by atoms with Crippen LogP contribution in [0.15, 0.2) is 29.2 Å². The van der Waals surface area contributed by atoms with Gasteiger partial charge in [0, 0.05) is 24.0 Å². The van der Waals surface area contributed by atoms with Gasteiger partial charge < -0.3 is 15.5 Å². The van der Waals surface area contributed by atoms with E-state index >= 15 is 0 Å². The zero-order chi connectivity index (χ0) is 21.0. The number of likely N-dealkylation sites (tertiary alicyclic amines) is 1. The number of carbonyl (C=O) groups is 2. The maximum absolute atomic E-state index is 12.7. The van der Waals surface area contributed by atoms with Crippen molar-refractivity contribution in [1.82, 2.24) is 15.5 Å². The molecule has 0 spiro atoms. The second kappa shape index (κ2) is 13.0. The molecule has 0 radical (unpaired) electrons. The van der Waals surface area contributed by atoms with E-state index in [1.54, 1.807) is 0 Å². The van der Waals surface area contributed by atoms with Gasteiger partial charge in [0.2, 0.25) is 5.91 Å². The minimum absolute atomic E-state index is 0.0458. The van der Waals surface area contributed by atoms with Crippen molar-refractivity contribution in [2.45, 2.75) is 75.1 Å². The zero-order valence-corrected chi connectivity index (χ0v) is 19.0. The SMILES string of the molecule is O=C(CSc1ccccc1C(=O)NCCN1CCCCC1)NC1CCCCCCC1. The summed E-state index contributed by atoms with van der Waals surface area (Å²) in [7, 11) is 0. The molecule has 0 atom stereocenters. The van der Waals surface area contributed by atoms with E-state index < -0.39 is 0 Å². The molecule has 1 aliphatic carbocycles. The fraction of sp³-hybridized carbons (Fsp3) is 0.667. The Morgan fingerprint density at radius 1 is 0.933 bits per heavy atom. The molecule has 2 fully saturated rings. The van der Waals surface area contributed by atoms with E-state index in [0.717, 1.165) is 37.4 Å². The summed E-state index contributed by atoms with van der Waals surface area (Å²) in [5.74, 6) is 0.385. The second-order valence-electron chi connectivity index (χ2n) is 8.55. The van der Waals surface area contributed by atoms with Gasteiger partial charge in [-0.1, -0.05) is 50.7 Å². The first-order chi connectivity index (χ1) is 14.7. The van der Waals surface area contributed by atoms with Crippen molar-refractivity contribution in [3.63, 3.8) is 0 Å². The van der Waals surface area contributed by atoms with Gasteiger partial charge >= 0.3 is 0 Å². The summed E-state index contributed by atoms with van der Waals surface area (Å²) < 4.78 is 0. The lowest BCUT2D eigenvalue weighted by atomic mass is 9.97. The molecule has 0 unspecified atom stereocenters. The van der Waals surface area contributed by atoms with Crippen LogP contribution in [0.3, 0.4) is 0 Å². The van der Waals surface area contributed by atoms with Crippen LogP contribution in [0.2, 0.25) is 0 Å². The Labute approximate surface area is 185 Å². The average Bonchev–Trinajstić information content (AvgIpc) is 2.75. The molecule has 1 aromatic rings. The minimum Gasteiger partial charge on any atom is -0.353 e. The Bertz CT molecular complexity index is 668. The number of piperidine rings is 1. The molecule has 2 aliphatic rings. The molecule has 1 aliphatic heterocycles. The molecule has 166 valence electrons. The Morgan fingerprint density at radius 2 is 1.60 bits per heavy atom. The number of hydrogen-bond acceptors (Lipinski definition) is 4. The van der Waals surface area contributed by atoms with Crippen molar-refractivity contribution in [2.24, 2.45) is 0 Å². The van der Waals surface area contributed by atoms with E-state index in [9.17, 15) is 9.59 Å². The number of nitrogens with zero attached hydrogens (tertiary/aromatic N) is 1. The molecule has 30 heavy (non-hydrogen) atoms. The van der Waals surface area contributed by atoms with Crippen LogP contribution in [0.1, 0.15) is 74.6 Å². The van der Waals surface area contributed by atoms with Crippen LogP contribution in [-0.4, -0.2) is 54.7 Å². The third-order valence-corrected chi connectivity index (χ3v) is 7.20. The molecule has 5 nitrogen and oxygen atoms in total. The first-order valence-electron chi connectivity index (χ1n) is 11.7. The minimum atomic E-state index is -0.0458. The number of thioether (sulfide) groups is 1. The third kappa shape index (κ3) is 7.95. The fourth-order valence-corrected chi connectivity index (χ4v) is 5.26. The summed E-state index contributed by atoms with van der Waals surface area (Å²) in [5, 5.41) is 6.27. The molecule has 0 aromatic heterocycles. The van der Waals surface area contributed by atoms with Crippen LogP contribution in [0.4, 0.5) is 0 Å². The van der Waals surface area contributed by atoms with E-state index in [1.165, 1.54) is 63.1 Å². The third-order valence-electron chi connectivity index (χ3n) is 6.12. The molecular formula is C24H37N3O2S. The van der Waals surface area contributed by atoms with E-state index in [0.29, 0.717) is 23.9 Å². The smallest absolute Gasteiger partial charge is 0.252 e. The Kier molecular flexibility index (Phi) is 10.0. The average molecular weight is 432 g/mol. The van der Waals surface area contributed by atoms with Crippen molar-refractivity contribution in [2.75, 3.05) is 31.9 Å². The number of hydrogen-bond donors (Lipinski definition) is 2. The van der Waals surface area contributed by atoms with Crippen LogP contribution in [0.25, 0.3) is 0 Å². The first kappa shape index (κ1) is 23.1. The Morgan fingerprint density at radius 3 is 2.37 bits per heavy atom. The highest BCUT2D eigenvalue weighted by molar-refractivity contribution is 8.00. The highest BCUT2D eigenvalue weighted by atomic mass is 32.2. The van der Waals surface area contributed by atoms with Gasteiger partial charge in [0.05, 0.1) is 11.3 Å². The Hall–Kier alpha value is -1.53. The van der Waals surface area contributed by atoms with Gasteiger partial charge in [-0.25, -0.2) is 0 Å². The number of benzene rings is 1. The van der Waals surface area contributed by atoms with Gasteiger partial charge in [-0.3, -0.25) is 9.59 Å². The van der Waals surface area contributed by atoms with Crippen LogP contribution in [0, 0.1) is 0 Å². The van der Waals surface area contributed by atoms with Crippen molar-refractivity contribution < 1.29 is 9.59 Å². The summed E-state index contributed by atoms with van der Waals surface area (Å²) in [4.78, 5) is 28.5. The Balaban J connectivity index is 1.44. The second-order valence-corrected chi connectivity index (χ2v) is 9.57. The largest absolute Gasteiger partial charge is 0.353 e. The standard InChI is InChI=1S/C24H37N3O2S/c28-23(26-20-11-5-2-1-3-6-12-20)19-30-22-14-8-7-13-21(22)24(29)25-15-18-27-16-9-4-10-17-27/h7-8,13-14,20H,1-6,9-12,15-19H2,(H,25,29)(H,26,28). The number of nitrogens with one attached hydrogen (secondary N) is 2. The molecule has 1 aromatic carbocycles. The molecule has 1 saturated carbocycles. The van der Waals surface area contributed by atoms with Crippen molar-refractivity contribution in [3.05, 3.63) is 29.8 Å². The predicted molar refractivity (Wildman–Crippen MR) is 124 cm³/mol. The number of rotatable bonds is 8. The zero-order valence-electron chi connectivity index (χ0n) is 18.2. The van der Waals surface area contributed by atoms with E-state index in [2.05, 4.69) is 15.5 Å². The van der Waals surface area contributed by atoms with Gasteiger partial charge in [-0.15, -0.1) is 11.8 Å². The molecule has 0 bridgehead atoms. The maximum atomic E-state index is 12.7. The van der Waals surface area contributed by atoms with E-state index in [1.807, 2.05) is 24.3 Å². The van der Waals surface area contributed by atoms with Gasteiger partial charge in [0.25, 0.3) is 5.91 Å². The number of carbonyl (C=O) groups excluding carboxylic acids is 2. The maximum Gasteiger partial charge on any atom is 0.252 e. The van der Waals surface area contributed by atoms with Crippen LogP contribution in [0.5, 0.6) is 0 Å². The highest BCUT2D eigenvalue weighted by Gasteiger charge is 2.16. The summed E-state index contributed by atoms with van der Waals surface area (Å²) >= 11 is 1.46. The monoisotopic (exact) mass is 431 g/mol. The molecule has 3 rings (SSSR count). The van der Waals surface area contributed by atoms with Gasteiger partial charge in [-0.2, -0.15) is 0 Å². The van der Waals surface area contributed by atoms with E-state index in [4.69, 9.17) is 0 Å². The predicted octanol–water partition coefficient (Wildman–Crippen LogP) is 4.22. The van der Waals surface area contributed by atoms with Crippen molar-refractivity contribution in [3.8, 4) is 0 Å². The van der Waals surface area contributed by atoms with Crippen molar-refractivity contribution >= 4 is 23.6 Å². The molecule has 2 amide bonds. The molecular weight excluding hydrogens is 394 g/mol. The quantitative estimate of drug-likeness (QED) is 0.605. The topological polar surface area (TPSA) is 61.4 Å². The van der Waals surface area contributed by atoms with Gasteiger partial charge in [0.1, 0.15) is 0 Å². The lowest BCUT2D eigenvalue weighted by molar-refractivity contribution is -0.119. The molecule has 1 heterocycles. The van der Waals surface area contributed by atoms with E-state index in [-0.39, 0.29) is 11.8 Å². The fourth-order valence-electron chi connectivity index (χ4n) is 4.40. The molecule has 1 saturated heterocycles. The normalized spacial score (nSPS) is 18.9. The number of amides is 2. The highest BCUT2D eigenvalue weighted by Crippen LogP contribution is 2.23. The van der Waals surface area contributed by atoms with Crippen molar-refractivity contribution in [1.29, 1.82) is 0 Å².